The summed E-state index contributed by atoms with van der Waals surface area (Å²) in [5.74, 6) is 0.184. The van der Waals surface area contributed by atoms with Gasteiger partial charge in [0.2, 0.25) is 0 Å². The summed E-state index contributed by atoms with van der Waals surface area (Å²) < 4.78 is 0. The largest absolute Gasteiger partial charge is 0.378 e. The highest BCUT2D eigenvalue weighted by Gasteiger charge is 2.20. The molecule has 26 heavy (non-hydrogen) atoms. The molecular weight excluding hydrogens is 324 g/mol. The number of anilines is 2. The first-order chi connectivity index (χ1) is 12.8. The Balaban J connectivity index is 1.49. The highest BCUT2D eigenvalue weighted by molar-refractivity contribution is 5.75. The molecule has 0 amide bonds. The van der Waals surface area contributed by atoms with Crippen LogP contribution in [0.3, 0.4) is 0 Å². The molecular formula is C20H20N6. The minimum absolute atomic E-state index is 0.184. The number of hydrogen-bond donors (Lipinski definition) is 1. The Bertz CT molecular complexity index is 940. The molecule has 0 spiro atoms. The van der Waals surface area contributed by atoms with Crippen molar-refractivity contribution in [3.63, 3.8) is 0 Å². The summed E-state index contributed by atoms with van der Waals surface area (Å²) in [7, 11) is 0. The van der Waals surface area contributed by atoms with Crippen LogP contribution in [0.5, 0.6) is 0 Å². The maximum absolute atomic E-state index is 9.09. The molecule has 0 atom stereocenters. The Hall–Kier alpha value is -3.20. The van der Waals surface area contributed by atoms with Gasteiger partial charge in [-0.3, -0.25) is 15.0 Å². The van der Waals surface area contributed by atoms with E-state index in [-0.39, 0.29) is 5.92 Å². The zero-order chi connectivity index (χ0) is 17.8. The van der Waals surface area contributed by atoms with E-state index in [2.05, 4.69) is 43.4 Å². The maximum atomic E-state index is 9.09. The van der Waals surface area contributed by atoms with Gasteiger partial charge >= 0.3 is 0 Å². The number of pyridine rings is 1. The topological polar surface area (TPSA) is 77.7 Å². The first-order valence-electron chi connectivity index (χ1n) is 8.85. The number of rotatable bonds is 4. The first kappa shape index (κ1) is 16.3. The quantitative estimate of drug-likeness (QED) is 0.782. The summed E-state index contributed by atoms with van der Waals surface area (Å²) >= 11 is 0. The van der Waals surface area contributed by atoms with Crippen molar-refractivity contribution < 1.29 is 0 Å². The van der Waals surface area contributed by atoms with Crippen LogP contribution in [0.15, 0.2) is 49.1 Å². The second kappa shape index (κ2) is 7.36. The monoisotopic (exact) mass is 344 g/mol. The Morgan fingerprint density at radius 3 is 2.69 bits per heavy atom. The van der Waals surface area contributed by atoms with Crippen molar-refractivity contribution in [1.29, 1.82) is 5.26 Å². The van der Waals surface area contributed by atoms with Gasteiger partial charge < -0.3 is 10.2 Å². The number of nitrogens with zero attached hydrogens (tertiary/aromatic N) is 5. The van der Waals surface area contributed by atoms with Gasteiger partial charge in [-0.1, -0.05) is 6.07 Å². The van der Waals surface area contributed by atoms with Crippen LogP contribution in [0.4, 0.5) is 11.4 Å². The number of piperidine rings is 1. The van der Waals surface area contributed by atoms with Gasteiger partial charge in [0, 0.05) is 44.1 Å². The predicted octanol–water partition coefficient (Wildman–Crippen LogP) is 3.38. The van der Waals surface area contributed by atoms with Gasteiger partial charge in [0.05, 0.1) is 34.7 Å². The molecule has 1 aliphatic heterocycles. The first-order valence-corrected chi connectivity index (χ1v) is 8.85. The summed E-state index contributed by atoms with van der Waals surface area (Å²) in [4.78, 5) is 15.3. The lowest BCUT2D eigenvalue weighted by atomic mass is 9.98. The summed E-state index contributed by atoms with van der Waals surface area (Å²) in [5, 5.41) is 12.6. The van der Waals surface area contributed by atoms with Crippen LogP contribution < -0.4 is 10.2 Å². The van der Waals surface area contributed by atoms with Gasteiger partial charge in [0.25, 0.3) is 0 Å². The Kier molecular flexibility index (Phi) is 4.61. The molecule has 2 aromatic heterocycles. The molecule has 1 aromatic carbocycles. The van der Waals surface area contributed by atoms with Gasteiger partial charge in [-0.25, -0.2) is 0 Å². The number of hydrogen-bond acceptors (Lipinski definition) is 6. The third-order valence-corrected chi connectivity index (χ3v) is 4.83. The van der Waals surface area contributed by atoms with Gasteiger partial charge in [0.15, 0.2) is 0 Å². The zero-order valence-electron chi connectivity index (χ0n) is 14.5. The second-order valence-electron chi connectivity index (χ2n) is 6.52. The lowest BCUT2D eigenvalue weighted by molar-refractivity contribution is 0.488. The van der Waals surface area contributed by atoms with Gasteiger partial charge in [-0.2, -0.15) is 5.26 Å². The van der Waals surface area contributed by atoms with Crippen LogP contribution in [-0.2, 0) is 6.54 Å². The molecule has 6 heteroatoms. The fourth-order valence-corrected chi connectivity index (χ4v) is 3.36. The van der Waals surface area contributed by atoms with E-state index < -0.39 is 0 Å². The number of fused-ring (bicyclic) bond motifs is 1. The molecule has 1 N–H and O–H groups in total. The van der Waals surface area contributed by atoms with E-state index in [1.54, 1.807) is 12.4 Å². The molecule has 0 bridgehead atoms. The van der Waals surface area contributed by atoms with Crippen molar-refractivity contribution in [1.82, 2.24) is 15.0 Å². The summed E-state index contributed by atoms with van der Waals surface area (Å²) in [5.41, 5.74) is 5.12. The second-order valence-corrected chi connectivity index (χ2v) is 6.52. The summed E-state index contributed by atoms with van der Waals surface area (Å²) in [6.07, 6.45) is 8.94. The van der Waals surface area contributed by atoms with E-state index >= 15 is 0 Å². The van der Waals surface area contributed by atoms with Crippen LogP contribution in [-0.4, -0.2) is 28.0 Å². The van der Waals surface area contributed by atoms with E-state index in [4.69, 9.17) is 5.26 Å². The Labute approximate surface area is 152 Å². The number of nitriles is 1. The fourth-order valence-electron chi connectivity index (χ4n) is 3.36. The van der Waals surface area contributed by atoms with Crippen LogP contribution >= 0.6 is 0 Å². The number of aromatic nitrogens is 3. The molecule has 3 heterocycles. The highest BCUT2D eigenvalue weighted by Crippen LogP contribution is 2.29. The molecule has 0 radical (unpaired) electrons. The van der Waals surface area contributed by atoms with Crippen molar-refractivity contribution in [2.75, 3.05) is 23.3 Å². The smallest absolute Gasteiger partial charge is 0.0890 e. The van der Waals surface area contributed by atoms with Crippen LogP contribution in [0.1, 0.15) is 18.4 Å². The lowest BCUT2D eigenvalue weighted by Crippen LogP contribution is -2.33. The average molecular weight is 344 g/mol. The zero-order valence-corrected chi connectivity index (χ0v) is 14.5. The Morgan fingerprint density at radius 2 is 1.88 bits per heavy atom. The van der Waals surface area contributed by atoms with E-state index in [0.29, 0.717) is 6.54 Å². The highest BCUT2D eigenvalue weighted by atomic mass is 15.2. The average Bonchev–Trinajstić information content (AvgIpc) is 2.72. The summed E-state index contributed by atoms with van der Waals surface area (Å²) in [6.45, 7) is 2.50. The minimum Gasteiger partial charge on any atom is -0.378 e. The van der Waals surface area contributed by atoms with Crippen LogP contribution in [0.2, 0.25) is 0 Å². The van der Waals surface area contributed by atoms with Gasteiger partial charge in [0.1, 0.15) is 0 Å². The minimum atomic E-state index is 0.184. The third-order valence-electron chi connectivity index (χ3n) is 4.83. The molecule has 1 aliphatic rings. The van der Waals surface area contributed by atoms with E-state index in [1.807, 2.05) is 24.5 Å². The van der Waals surface area contributed by atoms with Crippen molar-refractivity contribution >= 4 is 22.4 Å². The summed E-state index contributed by atoms with van der Waals surface area (Å²) in [6, 6.07) is 10.6. The molecule has 0 saturated carbocycles. The predicted molar refractivity (Wildman–Crippen MR) is 102 cm³/mol. The van der Waals surface area contributed by atoms with E-state index in [1.165, 1.54) is 0 Å². The van der Waals surface area contributed by atoms with E-state index in [9.17, 15) is 0 Å². The molecule has 3 aromatic rings. The maximum Gasteiger partial charge on any atom is 0.0890 e. The van der Waals surface area contributed by atoms with Crippen molar-refractivity contribution in [3.8, 4) is 6.07 Å². The Morgan fingerprint density at radius 1 is 1.08 bits per heavy atom. The normalized spacial score (nSPS) is 15.0. The van der Waals surface area contributed by atoms with Crippen molar-refractivity contribution in [3.05, 3.63) is 54.6 Å². The van der Waals surface area contributed by atoms with Crippen LogP contribution in [0, 0.1) is 17.2 Å². The molecule has 130 valence electrons. The molecule has 1 fully saturated rings. The fraction of sp³-hybridized carbons (Fsp3) is 0.300. The SMILES string of the molecule is N#CC1CCN(c2ccncc2NCc2ccc3nccnc3c2)CC1. The molecule has 6 nitrogen and oxygen atoms in total. The van der Waals surface area contributed by atoms with E-state index in [0.717, 1.165) is 53.9 Å². The van der Waals surface area contributed by atoms with Gasteiger partial charge in [-0.05, 0) is 36.6 Å². The van der Waals surface area contributed by atoms with Gasteiger partial charge in [-0.15, -0.1) is 0 Å². The number of benzene rings is 1. The third kappa shape index (κ3) is 3.42. The van der Waals surface area contributed by atoms with Crippen molar-refractivity contribution in [2.24, 2.45) is 5.92 Å². The number of nitrogens with one attached hydrogen (secondary N) is 1. The molecule has 0 unspecified atom stereocenters. The van der Waals surface area contributed by atoms with Crippen LogP contribution in [0.25, 0.3) is 11.0 Å². The molecule has 1 saturated heterocycles. The standard InChI is InChI=1S/C20H20N6/c21-12-15-4-9-26(10-5-15)20-3-6-22-14-19(20)25-13-16-1-2-17-18(11-16)24-8-7-23-17/h1-3,6-8,11,14-15,25H,4-5,9-10,13H2. The lowest BCUT2D eigenvalue weighted by Gasteiger charge is -2.32. The molecule has 0 aliphatic carbocycles. The molecule has 4 rings (SSSR count). The van der Waals surface area contributed by atoms with Crippen molar-refractivity contribution in [2.45, 2.75) is 19.4 Å².